The molecule has 0 bridgehead atoms. The van der Waals surface area contributed by atoms with E-state index in [1.54, 1.807) is 12.2 Å². The Balaban J connectivity index is 3.49. The zero-order valence-electron chi connectivity index (χ0n) is 12.2. The molecule has 0 saturated carbocycles. The van der Waals surface area contributed by atoms with Gasteiger partial charge in [-0.25, -0.2) is 19.6 Å². The fourth-order valence-electron chi connectivity index (χ4n) is 2.16. The Morgan fingerprint density at radius 2 is 1.11 bits per heavy atom. The van der Waals surface area contributed by atoms with Crippen molar-refractivity contribution in [1.29, 1.82) is 0 Å². The van der Waals surface area contributed by atoms with E-state index in [-0.39, 0.29) is 12.1 Å². The number of isocyanates is 2. The Morgan fingerprint density at radius 3 is 1.42 bits per heavy atom. The molecule has 0 N–H and O–H groups in total. The normalized spacial score (nSPS) is 13.2. The summed E-state index contributed by atoms with van der Waals surface area (Å²) >= 11 is 0. The van der Waals surface area contributed by atoms with Crippen LogP contribution in [0.3, 0.4) is 0 Å². The number of nitrogens with zero attached hydrogens (tertiary/aromatic N) is 2. The van der Waals surface area contributed by atoms with E-state index in [9.17, 15) is 9.59 Å². The van der Waals surface area contributed by atoms with Crippen LogP contribution in [-0.2, 0) is 9.59 Å². The van der Waals surface area contributed by atoms with Gasteiger partial charge in [0.25, 0.3) is 0 Å². The highest BCUT2D eigenvalue weighted by atomic mass is 16.1. The predicted molar refractivity (Wildman–Crippen MR) is 76.7 cm³/mol. The zero-order valence-corrected chi connectivity index (χ0v) is 12.2. The van der Waals surface area contributed by atoms with Gasteiger partial charge < -0.3 is 0 Å². The van der Waals surface area contributed by atoms with E-state index in [1.165, 1.54) is 19.3 Å². The average Bonchev–Trinajstić information content (AvgIpc) is 2.43. The molecule has 0 aromatic carbocycles. The van der Waals surface area contributed by atoms with Crippen molar-refractivity contribution in [3.63, 3.8) is 0 Å². The van der Waals surface area contributed by atoms with Crippen molar-refractivity contribution >= 4 is 12.2 Å². The highest BCUT2D eigenvalue weighted by molar-refractivity contribution is 5.33. The minimum Gasteiger partial charge on any atom is -0.211 e. The molecule has 0 heterocycles. The van der Waals surface area contributed by atoms with E-state index in [0.717, 1.165) is 38.5 Å². The molecule has 0 spiro atoms. The van der Waals surface area contributed by atoms with Gasteiger partial charge in [0.1, 0.15) is 0 Å². The first-order chi connectivity index (χ1) is 9.28. The third-order valence-electron chi connectivity index (χ3n) is 3.49. The van der Waals surface area contributed by atoms with Gasteiger partial charge in [0, 0.05) is 0 Å². The Labute approximate surface area is 116 Å². The zero-order chi connectivity index (χ0) is 14.3. The van der Waals surface area contributed by atoms with Crippen LogP contribution in [0, 0.1) is 0 Å². The van der Waals surface area contributed by atoms with Crippen molar-refractivity contribution in [3.8, 4) is 0 Å². The largest absolute Gasteiger partial charge is 0.235 e. The smallest absolute Gasteiger partial charge is 0.211 e. The molecule has 0 fully saturated rings. The molecule has 0 radical (unpaired) electrons. The van der Waals surface area contributed by atoms with Crippen molar-refractivity contribution in [1.82, 2.24) is 0 Å². The Bertz CT molecular complexity index is 275. The summed E-state index contributed by atoms with van der Waals surface area (Å²) in [5, 5.41) is 0. The predicted octanol–water partition coefficient (Wildman–Crippen LogP) is 3.95. The first-order valence-electron chi connectivity index (χ1n) is 7.42. The standard InChI is InChI=1S/C15H26N2O2/c1-3-14(16-12-18)10-8-6-5-7-9-11-15(4-2)17-13-19/h14-15H,3-11H2,1-2H3. The third kappa shape index (κ3) is 10.4. The summed E-state index contributed by atoms with van der Waals surface area (Å²) in [6.07, 6.45) is 12.9. The molecule has 0 aromatic rings. The van der Waals surface area contributed by atoms with Gasteiger partial charge in [-0.2, -0.15) is 0 Å². The number of unbranched alkanes of at least 4 members (excludes halogenated alkanes) is 4. The molecular formula is C15H26N2O2. The van der Waals surface area contributed by atoms with Gasteiger partial charge in [-0.3, -0.25) is 0 Å². The molecule has 2 atom stereocenters. The maximum atomic E-state index is 10.2. The van der Waals surface area contributed by atoms with Crippen LogP contribution in [0.25, 0.3) is 0 Å². The van der Waals surface area contributed by atoms with Gasteiger partial charge in [0.2, 0.25) is 12.2 Å². The van der Waals surface area contributed by atoms with Gasteiger partial charge in [0.05, 0.1) is 12.1 Å². The fraction of sp³-hybridized carbons (Fsp3) is 0.867. The van der Waals surface area contributed by atoms with Gasteiger partial charge in [-0.1, -0.05) is 46.0 Å². The third-order valence-corrected chi connectivity index (χ3v) is 3.49. The SMILES string of the molecule is CCC(CCCCCCCC(CC)N=C=O)N=C=O. The summed E-state index contributed by atoms with van der Waals surface area (Å²) in [6, 6.07) is 0.313. The van der Waals surface area contributed by atoms with E-state index < -0.39 is 0 Å². The van der Waals surface area contributed by atoms with Crippen molar-refractivity contribution in [2.45, 2.75) is 83.7 Å². The molecule has 108 valence electrons. The van der Waals surface area contributed by atoms with Crippen molar-refractivity contribution in [3.05, 3.63) is 0 Å². The quantitative estimate of drug-likeness (QED) is 0.305. The second-order valence-corrected chi connectivity index (χ2v) is 4.91. The Morgan fingerprint density at radius 1 is 0.737 bits per heavy atom. The molecule has 2 unspecified atom stereocenters. The summed E-state index contributed by atoms with van der Waals surface area (Å²) in [5.41, 5.74) is 0. The van der Waals surface area contributed by atoms with Gasteiger partial charge >= 0.3 is 0 Å². The summed E-state index contributed by atoms with van der Waals surface area (Å²) in [4.78, 5) is 27.9. The molecule has 0 aliphatic rings. The lowest BCUT2D eigenvalue weighted by molar-refractivity contribution is 0.497. The maximum absolute atomic E-state index is 10.2. The second-order valence-electron chi connectivity index (χ2n) is 4.91. The van der Waals surface area contributed by atoms with E-state index in [1.807, 2.05) is 13.8 Å². The van der Waals surface area contributed by atoms with Crippen LogP contribution in [0.5, 0.6) is 0 Å². The van der Waals surface area contributed by atoms with E-state index in [0.29, 0.717) is 0 Å². The highest BCUT2D eigenvalue weighted by Gasteiger charge is 2.04. The van der Waals surface area contributed by atoms with Crippen LogP contribution < -0.4 is 0 Å². The number of carbonyl (C=O) groups excluding carboxylic acids is 2. The Hall–Kier alpha value is -1.24. The van der Waals surface area contributed by atoms with E-state index in [4.69, 9.17) is 0 Å². The molecule has 4 nitrogen and oxygen atoms in total. The lowest BCUT2D eigenvalue weighted by Crippen LogP contribution is -2.02. The Kier molecular flexibility index (Phi) is 12.3. The van der Waals surface area contributed by atoms with E-state index >= 15 is 0 Å². The monoisotopic (exact) mass is 266 g/mol. The molecule has 0 saturated heterocycles. The topological polar surface area (TPSA) is 58.9 Å². The lowest BCUT2D eigenvalue weighted by Gasteiger charge is -2.08. The van der Waals surface area contributed by atoms with Gasteiger partial charge in [-0.15, -0.1) is 0 Å². The number of aliphatic imine (C=N–C) groups is 2. The van der Waals surface area contributed by atoms with Crippen LogP contribution in [0.1, 0.15) is 71.6 Å². The van der Waals surface area contributed by atoms with Crippen LogP contribution in [-0.4, -0.2) is 24.2 Å². The summed E-state index contributed by atoms with van der Waals surface area (Å²) in [5.74, 6) is 0. The van der Waals surface area contributed by atoms with Crippen LogP contribution in [0.2, 0.25) is 0 Å². The summed E-state index contributed by atoms with van der Waals surface area (Å²) < 4.78 is 0. The first-order valence-corrected chi connectivity index (χ1v) is 7.42. The minimum absolute atomic E-state index is 0.156. The second kappa shape index (κ2) is 13.2. The van der Waals surface area contributed by atoms with Crippen LogP contribution in [0.4, 0.5) is 0 Å². The number of rotatable bonds is 12. The molecule has 0 aromatic heterocycles. The maximum Gasteiger partial charge on any atom is 0.235 e. The number of hydrogen-bond acceptors (Lipinski definition) is 4. The molecule has 19 heavy (non-hydrogen) atoms. The van der Waals surface area contributed by atoms with Crippen molar-refractivity contribution in [2.24, 2.45) is 9.98 Å². The van der Waals surface area contributed by atoms with Gasteiger partial charge in [0.15, 0.2) is 0 Å². The summed E-state index contributed by atoms with van der Waals surface area (Å²) in [6.45, 7) is 4.09. The van der Waals surface area contributed by atoms with Crippen LogP contribution >= 0.6 is 0 Å². The molecule has 0 amide bonds. The molecule has 0 aliphatic carbocycles. The fourth-order valence-corrected chi connectivity index (χ4v) is 2.16. The van der Waals surface area contributed by atoms with Crippen molar-refractivity contribution in [2.75, 3.05) is 0 Å². The summed E-state index contributed by atoms with van der Waals surface area (Å²) in [7, 11) is 0. The molecular weight excluding hydrogens is 240 g/mol. The van der Waals surface area contributed by atoms with Crippen LogP contribution in [0.15, 0.2) is 9.98 Å². The highest BCUT2D eigenvalue weighted by Crippen LogP contribution is 2.14. The van der Waals surface area contributed by atoms with Crippen molar-refractivity contribution < 1.29 is 9.59 Å². The average molecular weight is 266 g/mol. The lowest BCUT2D eigenvalue weighted by atomic mass is 10.0. The minimum atomic E-state index is 0.156. The number of hydrogen-bond donors (Lipinski definition) is 0. The molecule has 0 rings (SSSR count). The van der Waals surface area contributed by atoms with Gasteiger partial charge in [-0.05, 0) is 25.7 Å². The van der Waals surface area contributed by atoms with E-state index in [2.05, 4.69) is 9.98 Å². The first kappa shape index (κ1) is 17.8. The molecule has 4 heteroatoms. The molecule has 0 aliphatic heterocycles.